The minimum atomic E-state index is -0.622. The molecule has 0 aromatic rings. The summed E-state index contributed by atoms with van der Waals surface area (Å²) in [5.41, 5.74) is 1.09. The van der Waals surface area contributed by atoms with Gasteiger partial charge < -0.3 is 5.11 Å². The second-order valence-electron chi connectivity index (χ2n) is 11.7. The molecule has 4 rings (SSSR count). The van der Waals surface area contributed by atoms with Crippen molar-refractivity contribution >= 4 is 5.97 Å². The van der Waals surface area contributed by atoms with Crippen molar-refractivity contribution in [2.24, 2.45) is 52.3 Å². The van der Waals surface area contributed by atoms with Crippen molar-refractivity contribution in [3.63, 3.8) is 0 Å². The highest BCUT2D eigenvalue weighted by atomic mass is 16.4. The zero-order valence-corrected chi connectivity index (χ0v) is 18.2. The topological polar surface area (TPSA) is 37.3 Å². The van der Waals surface area contributed by atoms with Gasteiger partial charge in [-0.1, -0.05) is 34.1 Å². The molecule has 9 atom stereocenters. The van der Waals surface area contributed by atoms with E-state index in [0.717, 1.165) is 41.9 Å². The van der Waals surface area contributed by atoms with Crippen molar-refractivity contribution in [3.05, 3.63) is 0 Å². The number of carboxylic acid groups (broad SMARTS) is 1. The Balaban J connectivity index is 1.51. The molecular formula is C25H42O2. The molecule has 0 aliphatic heterocycles. The van der Waals surface area contributed by atoms with Gasteiger partial charge in [-0.05, 0) is 110 Å². The molecule has 0 saturated heterocycles. The van der Waals surface area contributed by atoms with Gasteiger partial charge in [-0.25, -0.2) is 0 Å². The van der Waals surface area contributed by atoms with Crippen LogP contribution < -0.4 is 0 Å². The number of fused-ring (bicyclic) bond motifs is 5. The Bertz CT molecular complexity index is 571. The summed E-state index contributed by atoms with van der Waals surface area (Å²) in [5, 5.41) is 9.11. The fourth-order valence-corrected chi connectivity index (χ4v) is 9.00. The van der Waals surface area contributed by atoms with Gasteiger partial charge in [0.15, 0.2) is 0 Å². The molecule has 4 aliphatic carbocycles. The highest BCUT2D eigenvalue weighted by Gasteiger charge is 2.60. The van der Waals surface area contributed by atoms with Gasteiger partial charge in [-0.3, -0.25) is 4.79 Å². The minimum absolute atomic E-state index is 0.350. The van der Waals surface area contributed by atoms with E-state index >= 15 is 0 Å². The van der Waals surface area contributed by atoms with Gasteiger partial charge in [0, 0.05) is 6.42 Å². The third-order valence-corrected chi connectivity index (χ3v) is 10.5. The Kier molecular flexibility index (Phi) is 5.17. The van der Waals surface area contributed by atoms with Crippen LogP contribution in [-0.2, 0) is 4.79 Å². The van der Waals surface area contributed by atoms with Crippen molar-refractivity contribution in [3.8, 4) is 0 Å². The summed E-state index contributed by atoms with van der Waals surface area (Å²) in [6, 6.07) is 0. The lowest BCUT2D eigenvalue weighted by atomic mass is 9.44. The van der Waals surface area contributed by atoms with E-state index in [4.69, 9.17) is 5.11 Å². The second kappa shape index (κ2) is 7.06. The molecule has 2 nitrogen and oxygen atoms in total. The molecule has 0 heterocycles. The third-order valence-electron chi connectivity index (χ3n) is 10.5. The van der Waals surface area contributed by atoms with E-state index in [2.05, 4.69) is 27.7 Å². The molecule has 0 amide bonds. The van der Waals surface area contributed by atoms with Gasteiger partial charge >= 0.3 is 5.97 Å². The first-order valence-electron chi connectivity index (χ1n) is 12.0. The van der Waals surface area contributed by atoms with Gasteiger partial charge in [0.2, 0.25) is 0 Å². The van der Waals surface area contributed by atoms with Crippen molar-refractivity contribution in [2.75, 3.05) is 0 Å². The van der Waals surface area contributed by atoms with Crippen LogP contribution in [-0.4, -0.2) is 11.1 Å². The molecule has 0 aromatic heterocycles. The normalized spacial score (nSPS) is 50.4. The van der Waals surface area contributed by atoms with Gasteiger partial charge in [-0.15, -0.1) is 0 Å². The van der Waals surface area contributed by atoms with Crippen LogP contribution in [0.3, 0.4) is 0 Å². The molecular weight excluding hydrogens is 332 g/mol. The maximum absolute atomic E-state index is 11.1. The Morgan fingerprint density at radius 2 is 1.70 bits per heavy atom. The summed E-state index contributed by atoms with van der Waals surface area (Å²) in [7, 11) is 0. The third kappa shape index (κ3) is 3.18. The summed E-state index contributed by atoms with van der Waals surface area (Å²) in [6.07, 6.45) is 14.2. The fraction of sp³-hybridized carbons (Fsp3) is 0.960. The predicted molar refractivity (Wildman–Crippen MR) is 110 cm³/mol. The molecule has 4 fully saturated rings. The summed E-state index contributed by atoms with van der Waals surface area (Å²) in [4.78, 5) is 11.1. The van der Waals surface area contributed by atoms with Gasteiger partial charge in [0.25, 0.3) is 0 Å². The van der Waals surface area contributed by atoms with Crippen LogP contribution in [0.4, 0.5) is 0 Å². The maximum atomic E-state index is 11.1. The van der Waals surface area contributed by atoms with E-state index in [1.165, 1.54) is 57.8 Å². The molecule has 1 N–H and O–H groups in total. The summed E-state index contributed by atoms with van der Waals surface area (Å²) in [6.45, 7) is 10.1. The first-order chi connectivity index (χ1) is 12.8. The molecule has 0 spiro atoms. The van der Waals surface area contributed by atoms with E-state index in [9.17, 15) is 4.79 Å². The Morgan fingerprint density at radius 1 is 1.00 bits per heavy atom. The summed E-state index contributed by atoms with van der Waals surface area (Å²) < 4.78 is 0. The Hall–Kier alpha value is -0.530. The van der Waals surface area contributed by atoms with Crippen molar-refractivity contribution in [1.29, 1.82) is 0 Å². The largest absolute Gasteiger partial charge is 0.481 e. The monoisotopic (exact) mass is 374 g/mol. The Labute approximate surface area is 166 Å². The highest BCUT2D eigenvalue weighted by Crippen LogP contribution is 2.68. The molecule has 2 heteroatoms. The molecule has 0 bridgehead atoms. The standard InChI is InChI=1S/C25H42O2/c1-16-11-13-24(3)18(15-16)6-7-19-21-9-8-20(17(2)5-10-23(26)27)25(21,4)14-12-22(19)24/h16-22H,5-15H2,1-4H3,(H,26,27)/t16-,17?,18-,19?,20?,21?,22?,24+,25-/m1/s1. The molecule has 4 saturated carbocycles. The van der Waals surface area contributed by atoms with Gasteiger partial charge in [0.1, 0.15) is 0 Å². The molecule has 0 aromatic carbocycles. The number of carbonyl (C=O) groups is 1. The zero-order valence-electron chi connectivity index (χ0n) is 18.2. The Morgan fingerprint density at radius 3 is 2.44 bits per heavy atom. The quantitative estimate of drug-likeness (QED) is 0.588. The molecule has 5 unspecified atom stereocenters. The molecule has 4 aliphatic rings. The number of carboxylic acids is 1. The fourth-order valence-electron chi connectivity index (χ4n) is 9.00. The van der Waals surface area contributed by atoms with Crippen molar-refractivity contribution < 1.29 is 9.90 Å². The number of aliphatic carboxylic acids is 1. The van der Waals surface area contributed by atoms with Crippen LogP contribution in [0.2, 0.25) is 0 Å². The van der Waals surface area contributed by atoms with Crippen molar-refractivity contribution in [1.82, 2.24) is 0 Å². The van der Waals surface area contributed by atoms with Crippen LogP contribution in [0.25, 0.3) is 0 Å². The van der Waals surface area contributed by atoms with Crippen LogP contribution in [0.5, 0.6) is 0 Å². The lowest BCUT2D eigenvalue weighted by molar-refractivity contribution is -0.137. The highest BCUT2D eigenvalue weighted by molar-refractivity contribution is 5.66. The zero-order chi connectivity index (χ0) is 19.4. The minimum Gasteiger partial charge on any atom is -0.481 e. The average Bonchev–Trinajstić information content (AvgIpc) is 2.97. The number of hydrogen-bond donors (Lipinski definition) is 1. The van der Waals surface area contributed by atoms with E-state index in [1.807, 2.05) is 0 Å². The lowest BCUT2D eigenvalue weighted by Crippen LogP contribution is -2.53. The predicted octanol–water partition coefficient (Wildman–Crippen LogP) is 6.78. The molecule has 27 heavy (non-hydrogen) atoms. The van der Waals surface area contributed by atoms with Gasteiger partial charge in [0.05, 0.1) is 0 Å². The van der Waals surface area contributed by atoms with Crippen LogP contribution >= 0.6 is 0 Å². The number of hydrogen-bond acceptors (Lipinski definition) is 1. The van der Waals surface area contributed by atoms with Crippen LogP contribution in [0.15, 0.2) is 0 Å². The van der Waals surface area contributed by atoms with Crippen LogP contribution in [0.1, 0.15) is 98.3 Å². The second-order valence-corrected chi connectivity index (χ2v) is 11.7. The van der Waals surface area contributed by atoms with Gasteiger partial charge in [-0.2, -0.15) is 0 Å². The maximum Gasteiger partial charge on any atom is 0.303 e. The lowest BCUT2D eigenvalue weighted by Gasteiger charge is -2.61. The van der Waals surface area contributed by atoms with E-state index in [-0.39, 0.29) is 0 Å². The smallest absolute Gasteiger partial charge is 0.303 e. The van der Waals surface area contributed by atoms with Crippen LogP contribution in [0, 0.1) is 52.3 Å². The average molecular weight is 375 g/mol. The van der Waals surface area contributed by atoms with E-state index in [0.29, 0.717) is 23.2 Å². The number of rotatable bonds is 4. The summed E-state index contributed by atoms with van der Waals surface area (Å²) >= 11 is 0. The van der Waals surface area contributed by atoms with E-state index < -0.39 is 5.97 Å². The molecule has 0 radical (unpaired) electrons. The first kappa shape index (κ1) is 19.8. The SMILES string of the molecule is CC(CCC(=O)O)C1CCC2C3CC[C@@H]4C[C@H](C)CC[C@]4(C)C3CC[C@]12C. The summed E-state index contributed by atoms with van der Waals surface area (Å²) in [5.74, 6) is 5.45. The molecule has 154 valence electrons. The van der Waals surface area contributed by atoms with Crippen molar-refractivity contribution in [2.45, 2.75) is 98.3 Å². The first-order valence-corrected chi connectivity index (χ1v) is 12.0. The van der Waals surface area contributed by atoms with E-state index in [1.54, 1.807) is 0 Å².